The SMILES string of the molecule is CNC(C(=O)O)c1ccc(OC)nc1. The topological polar surface area (TPSA) is 71.5 Å². The zero-order valence-corrected chi connectivity index (χ0v) is 8.02. The molecular weight excluding hydrogens is 184 g/mol. The van der Waals surface area contributed by atoms with E-state index in [1.54, 1.807) is 19.2 Å². The van der Waals surface area contributed by atoms with Crippen molar-refractivity contribution in [1.82, 2.24) is 10.3 Å². The smallest absolute Gasteiger partial charge is 0.325 e. The van der Waals surface area contributed by atoms with Crippen LogP contribution in [0.3, 0.4) is 0 Å². The van der Waals surface area contributed by atoms with E-state index >= 15 is 0 Å². The second-order valence-electron chi connectivity index (χ2n) is 2.69. The van der Waals surface area contributed by atoms with Gasteiger partial charge >= 0.3 is 5.97 Å². The standard InChI is InChI=1S/C9H12N2O3/c1-10-8(9(12)13)6-3-4-7(14-2)11-5-6/h3-5,8,10H,1-2H3,(H,12,13). The van der Waals surface area contributed by atoms with Crippen LogP contribution in [0.25, 0.3) is 0 Å². The minimum atomic E-state index is -0.931. The van der Waals surface area contributed by atoms with Crippen LogP contribution in [0.4, 0.5) is 0 Å². The third-order valence-corrected chi connectivity index (χ3v) is 1.84. The highest BCUT2D eigenvalue weighted by molar-refractivity contribution is 5.75. The molecule has 0 spiro atoms. The second kappa shape index (κ2) is 4.57. The fourth-order valence-corrected chi connectivity index (χ4v) is 1.12. The lowest BCUT2D eigenvalue weighted by atomic mass is 10.1. The molecule has 5 nitrogen and oxygen atoms in total. The third-order valence-electron chi connectivity index (χ3n) is 1.84. The fraction of sp³-hybridized carbons (Fsp3) is 0.333. The molecule has 1 rings (SSSR count). The maximum atomic E-state index is 10.8. The van der Waals surface area contributed by atoms with Crippen LogP contribution in [0.1, 0.15) is 11.6 Å². The molecule has 14 heavy (non-hydrogen) atoms. The number of likely N-dealkylation sites (N-methyl/N-ethyl adjacent to an activating group) is 1. The monoisotopic (exact) mass is 196 g/mol. The van der Waals surface area contributed by atoms with E-state index in [-0.39, 0.29) is 0 Å². The van der Waals surface area contributed by atoms with E-state index in [1.807, 2.05) is 0 Å². The summed E-state index contributed by atoms with van der Waals surface area (Å²) >= 11 is 0. The Morgan fingerprint density at radius 1 is 1.64 bits per heavy atom. The van der Waals surface area contributed by atoms with E-state index in [4.69, 9.17) is 9.84 Å². The maximum absolute atomic E-state index is 10.8. The maximum Gasteiger partial charge on any atom is 0.325 e. The Morgan fingerprint density at radius 3 is 2.71 bits per heavy atom. The first-order valence-electron chi connectivity index (χ1n) is 4.09. The third kappa shape index (κ3) is 2.20. The molecule has 1 atom stereocenters. The molecule has 0 saturated carbocycles. The summed E-state index contributed by atoms with van der Waals surface area (Å²) in [5, 5.41) is 11.5. The molecule has 0 aromatic carbocycles. The summed E-state index contributed by atoms with van der Waals surface area (Å²) in [6.07, 6.45) is 1.48. The number of hydrogen-bond acceptors (Lipinski definition) is 4. The molecule has 0 aliphatic rings. The zero-order valence-electron chi connectivity index (χ0n) is 8.02. The summed E-state index contributed by atoms with van der Waals surface area (Å²) in [7, 11) is 3.10. The lowest BCUT2D eigenvalue weighted by Crippen LogP contribution is -2.24. The van der Waals surface area contributed by atoms with E-state index in [0.717, 1.165) is 0 Å². The van der Waals surface area contributed by atoms with E-state index < -0.39 is 12.0 Å². The van der Waals surface area contributed by atoms with Gasteiger partial charge in [-0.15, -0.1) is 0 Å². The molecule has 0 bridgehead atoms. The number of carboxylic acid groups (broad SMARTS) is 1. The molecule has 5 heteroatoms. The van der Waals surface area contributed by atoms with Crippen LogP contribution in [0.2, 0.25) is 0 Å². The fourth-order valence-electron chi connectivity index (χ4n) is 1.12. The van der Waals surface area contributed by atoms with Crippen molar-refractivity contribution in [3.63, 3.8) is 0 Å². The van der Waals surface area contributed by atoms with Gasteiger partial charge in [-0.25, -0.2) is 4.98 Å². The molecule has 0 aliphatic heterocycles. The molecule has 2 N–H and O–H groups in total. The van der Waals surface area contributed by atoms with Crippen molar-refractivity contribution >= 4 is 5.97 Å². The molecule has 0 aliphatic carbocycles. The first-order valence-corrected chi connectivity index (χ1v) is 4.09. The van der Waals surface area contributed by atoms with Crippen LogP contribution in [0.15, 0.2) is 18.3 Å². The Kier molecular flexibility index (Phi) is 3.41. The lowest BCUT2D eigenvalue weighted by Gasteiger charge is -2.10. The van der Waals surface area contributed by atoms with Gasteiger partial charge in [0, 0.05) is 12.3 Å². The Morgan fingerprint density at radius 2 is 2.36 bits per heavy atom. The van der Waals surface area contributed by atoms with Crippen molar-refractivity contribution < 1.29 is 14.6 Å². The van der Waals surface area contributed by atoms with Gasteiger partial charge in [0.2, 0.25) is 5.88 Å². The number of aliphatic carboxylic acids is 1. The van der Waals surface area contributed by atoms with E-state index in [2.05, 4.69) is 10.3 Å². The molecule has 1 unspecified atom stereocenters. The Balaban J connectivity index is 2.89. The summed E-state index contributed by atoms with van der Waals surface area (Å²) in [5.74, 6) is -0.464. The second-order valence-corrected chi connectivity index (χ2v) is 2.69. The van der Waals surface area contributed by atoms with Gasteiger partial charge in [-0.05, 0) is 18.7 Å². The van der Waals surface area contributed by atoms with Crippen molar-refractivity contribution in [2.24, 2.45) is 0 Å². The number of pyridine rings is 1. The van der Waals surface area contributed by atoms with Gasteiger partial charge in [0.15, 0.2) is 0 Å². The number of methoxy groups -OCH3 is 1. The van der Waals surface area contributed by atoms with Crippen LogP contribution < -0.4 is 10.1 Å². The minimum Gasteiger partial charge on any atom is -0.481 e. The quantitative estimate of drug-likeness (QED) is 0.731. The summed E-state index contributed by atoms with van der Waals surface area (Å²) in [5.41, 5.74) is 0.598. The van der Waals surface area contributed by atoms with Gasteiger partial charge in [0.05, 0.1) is 7.11 Å². The van der Waals surface area contributed by atoms with Crippen molar-refractivity contribution in [2.45, 2.75) is 6.04 Å². The van der Waals surface area contributed by atoms with Gasteiger partial charge in [-0.1, -0.05) is 0 Å². The Hall–Kier alpha value is -1.62. The summed E-state index contributed by atoms with van der Waals surface area (Å²) in [6.45, 7) is 0. The largest absolute Gasteiger partial charge is 0.481 e. The zero-order chi connectivity index (χ0) is 10.6. The minimum absolute atomic E-state index is 0.467. The average molecular weight is 196 g/mol. The summed E-state index contributed by atoms with van der Waals surface area (Å²) in [6, 6.07) is 2.57. The predicted octanol–water partition coefficient (Wildman–Crippen LogP) is 0.435. The first kappa shape index (κ1) is 10.5. The molecule has 0 fully saturated rings. The molecule has 76 valence electrons. The number of carbonyl (C=O) groups is 1. The highest BCUT2D eigenvalue weighted by Crippen LogP contribution is 2.14. The summed E-state index contributed by atoms with van der Waals surface area (Å²) in [4.78, 5) is 14.7. The number of ether oxygens (including phenoxy) is 1. The number of nitrogens with zero attached hydrogens (tertiary/aromatic N) is 1. The molecule has 0 amide bonds. The van der Waals surface area contributed by atoms with Gasteiger partial charge in [0.25, 0.3) is 0 Å². The lowest BCUT2D eigenvalue weighted by molar-refractivity contribution is -0.139. The highest BCUT2D eigenvalue weighted by Gasteiger charge is 2.17. The molecule has 0 saturated heterocycles. The normalized spacial score (nSPS) is 12.1. The van der Waals surface area contributed by atoms with Gasteiger partial charge in [0.1, 0.15) is 6.04 Å². The Labute approximate surface area is 81.7 Å². The summed E-state index contributed by atoms with van der Waals surface area (Å²) < 4.78 is 4.86. The van der Waals surface area contributed by atoms with Gasteiger partial charge < -0.3 is 15.2 Å². The molecule has 1 heterocycles. The van der Waals surface area contributed by atoms with Crippen LogP contribution >= 0.6 is 0 Å². The number of nitrogens with one attached hydrogen (secondary N) is 1. The Bertz CT molecular complexity index is 310. The van der Waals surface area contributed by atoms with Gasteiger partial charge in [-0.3, -0.25) is 4.79 Å². The number of aromatic nitrogens is 1. The average Bonchev–Trinajstić information content (AvgIpc) is 2.19. The van der Waals surface area contributed by atoms with Crippen molar-refractivity contribution in [2.75, 3.05) is 14.2 Å². The van der Waals surface area contributed by atoms with E-state index in [9.17, 15) is 4.79 Å². The van der Waals surface area contributed by atoms with E-state index in [0.29, 0.717) is 11.4 Å². The first-order chi connectivity index (χ1) is 6.69. The van der Waals surface area contributed by atoms with Crippen LogP contribution in [-0.2, 0) is 4.79 Å². The van der Waals surface area contributed by atoms with Crippen LogP contribution in [-0.4, -0.2) is 30.2 Å². The molecule has 1 aromatic heterocycles. The number of carboxylic acids is 1. The molecule has 1 aromatic rings. The van der Waals surface area contributed by atoms with Gasteiger partial charge in [-0.2, -0.15) is 0 Å². The number of hydrogen-bond donors (Lipinski definition) is 2. The van der Waals surface area contributed by atoms with E-state index in [1.165, 1.54) is 13.3 Å². The predicted molar refractivity (Wildman–Crippen MR) is 50.2 cm³/mol. The highest BCUT2D eigenvalue weighted by atomic mass is 16.5. The van der Waals surface area contributed by atoms with Crippen LogP contribution in [0.5, 0.6) is 5.88 Å². The molecular formula is C9H12N2O3. The van der Waals surface area contributed by atoms with Crippen molar-refractivity contribution in [3.8, 4) is 5.88 Å². The van der Waals surface area contributed by atoms with Crippen LogP contribution in [0, 0.1) is 0 Å². The molecule has 0 radical (unpaired) electrons. The van der Waals surface area contributed by atoms with Crippen molar-refractivity contribution in [3.05, 3.63) is 23.9 Å². The van der Waals surface area contributed by atoms with Crippen molar-refractivity contribution in [1.29, 1.82) is 0 Å². The number of rotatable bonds is 4.